The molecular weight excluding hydrogens is 762 g/mol. The van der Waals surface area contributed by atoms with Gasteiger partial charge in [0, 0.05) is 23.6 Å². The minimum Gasteiger partial charge on any atom is -0.662 e. The fourth-order valence-corrected chi connectivity index (χ4v) is 4.05. The number of thioether (sulfide) groups is 1. The van der Waals surface area contributed by atoms with E-state index < -0.39 is 68.8 Å². The van der Waals surface area contributed by atoms with Crippen LogP contribution in [-0.2, 0) is 28.7 Å². The number of rotatable bonds is 11. The third kappa shape index (κ3) is 28.0. The van der Waals surface area contributed by atoms with Crippen molar-refractivity contribution < 1.29 is 97.6 Å². The minimum atomic E-state index is -1.25. The van der Waals surface area contributed by atoms with Gasteiger partial charge in [-0.3, -0.25) is 25.0 Å². The number of amides is 2. The van der Waals surface area contributed by atoms with Gasteiger partial charge in [-0.15, -0.1) is 11.8 Å². The number of nitro groups is 2. The summed E-state index contributed by atoms with van der Waals surface area (Å²) in [6.07, 6.45) is -1.60. The van der Waals surface area contributed by atoms with Gasteiger partial charge in [0.2, 0.25) is 5.82 Å². The van der Waals surface area contributed by atoms with Crippen molar-refractivity contribution in [2.24, 2.45) is 0 Å². The second-order valence-corrected chi connectivity index (χ2v) is 12.6. The van der Waals surface area contributed by atoms with Crippen LogP contribution in [-0.4, -0.2) is 85.4 Å². The number of hydrogen-bond acceptors (Lipinski definition) is 15. The Labute approximate surface area is 336 Å². The summed E-state index contributed by atoms with van der Waals surface area (Å²) in [4.78, 5) is 75.7. The van der Waals surface area contributed by atoms with Crippen LogP contribution >= 0.6 is 24.4 Å². The number of benzene rings is 2. The number of thiol groups is 1. The van der Waals surface area contributed by atoms with Gasteiger partial charge in [-0.1, -0.05) is 31.7 Å². The van der Waals surface area contributed by atoms with Crippen molar-refractivity contribution in [2.75, 3.05) is 11.5 Å². The molecule has 0 bridgehead atoms. The monoisotopic (exact) mass is 804 g/mol. The molecule has 0 aliphatic heterocycles. The number of nitro benzene ring substituents is 2. The molecule has 0 aliphatic rings. The molecular formula is C30H42FN4NaO15S2. The minimum absolute atomic E-state index is 0. The summed E-state index contributed by atoms with van der Waals surface area (Å²) in [5.74, 6) is -3.23. The van der Waals surface area contributed by atoms with Crippen LogP contribution in [0.5, 0.6) is 0 Å². The van der Waals surface area contributed by atoms with Gasteiger partial charge in [0.15, 0.2) is 0 Å². The number of carboxylic acid groups (broad SMARTS) is 2. The first kappa shape index (κ1) is 55.5. The molecule has 0 saturated heterocycles. The largest absolute Gasteiger partial charge is 1.00 e. The molecule has 2 rings (SSSR count). The van der Waals surface area contributed by atoms with E-state index in [-0.39, 0.29) is 60.6 Å². The molecule has 0 aliphatic carbocycles. The van der Waals surface area contributed by atoms with Gasteiger partial charge in [-0.25, -0.2) is 19.2 Å². The summed E-state index contributed by atoms with van der Waals surface area (Å²) < 4.78 is 22.3. The zero-order chi connectivity index (χ0) is 39.9. The van der Waals surface area contributed by atoms with Crippen LogP contribution < -0.4 is 45.4 Å². The van der Waals surface area contributed by atoms with Gasteiger partial charge in [-0.05, 0) is 53.7 Å². The Hall–Kier alpha value is -4.22. The Balaban J connectivity index is -0.000000341. The second-order valence-electron chi connectivity index (χ2n) is 11.2. The molecule has 0 fully saturated rings. The average Bonchev–Trinajstić information content (AvgIpc) is 3.00. The normalized spacial score (nSPS) is 11.0. The van der Waals surface area contributed by atoms with E-state index in [1.807, 2.05) is 0 Å². The van der Waals surface area contributed by atoms with Crippen LogP contribution in [0.4, 0.5) is 25.4 Å². The van der Waals surface area contributed by atoms with Crippen LogP contribution in [0.15, 0.2) is 53.4 Å². The molecule has 23 heteroatoms. The Morgan fingerprint density at radius 3 is 1.55 bits per heavy atom. The van der Waals surface area contributed by atoms with Crippen molar-refractivity contribution in [3.8, 4) is 0 Å². The molecule has 2 amide bonds. The number of carbonyl (C=O) groups excluding carboxylic acids is 3. The van der Waals surface area contributed by atoms with Crippen LogP contribution in [0.3, 0.4) is 0 Å². The fourth-order valence-electron chi connectivity index (χ4n) is 2.76. The second kappa shape index (κ2) is 28.3. The molecule has 19 nitrogen and oxygen atoms in total. The molecule has 2 atom stereocenters. The van der Waals surface area contributed by atoms with Gasteiger partial charge in [0.25, 0.3) is 12.2 Å². The smallest absolute Gasteiger partial charge is 0.662 e. The van der Waals surface area contributed by atoms with Gasteiger partial charge in [0.05, 0.1) is 14.7 Å². The number of hydrogen-bond donors (Lipinski definition) is 5. The van der Waals surface area contributed by atoms with Crippen LogP contribution in [0, 0.1) is 26.0 Å². The summed E-state index contributed by atoms with van der Waals surface area (Å²) >= 11 is 4.77. The average molecular weight is 805 g/mol. The number of nitrogens with one attached hydrogen (secondary N) is 2. The summed E-state index contributed by atoms with van der Waals surface area (Å²) in [5.41, 5.74) is -1.98. The molecule has 2 aromatic carbocycles. The maximum absolute atomic E-state index is 12.4. The Bertz CT molecular complexity index is 1480. The number of nitrogens with zero attached hydrogens (tertiary/aromatic N) is 2. The zero-order valence-corrected chi connectivity index (χ0v) is 32.8. The van der Waals surface area contributed by atoms with Crippen molar-refractivity contribution in [1.29, 1.82) is 0 Å². The fraction of sp³-hybridized carbons (Fsp3) is 0.433. The van der Waals surface area contributed by atoms with E-state index in [0.717, 1.165) is 23.9 Å². The Morgan fingerprint density at radius 1 is 0.849 bits per heavy atom. The van der Waals surface area contributed by atoms with Gasteiger partial charge in [0.1, 0.15) is 23.3 Å². The molecule has 0 spiro atoms. The summed E-state index contributed by atoms with van der Waals surface area (Å²) in [6.45, 7) is 9.88. The number of para-hydroxylation sites is 2. The van der Waals surface area contributed by atoms with Gasteiger partial charge >= 0.3 is 59.4 Å². The van der Waals surface area contributed by atoms with E-state index in [1.54, 1.807) is 47.6 Å². The van der Waals surface area contributed by atoms with Crippen molar-refractivity contribution in [3.05, 3.63) is 74.6 Å². The molecule has 0 radical (unpaired) electrons. The number of aliphatic carboxylic acids is 2. The van der Waals surface area contributed by atoms with Crippen LogP contribution in [0.2, 0.25) is 0 Å². The van der Waals surface area contributed by atoms with E-state index in [4.69, 9.17) is 29.7 Å². The molecule has 53 heavy (non-hydrogen) atoms. The van der Waals surface area contributed by atoms with Crippen molar-refractivity contribution in [1.82, 2.24) is 10.6 Å². The first-order chi connectivity index (χ1) is 23.5. The maximum atomic E-state index is 12.4. The third-order valence-corrected chi connectivity index (χ3v) is 6.24. The summed E-state index contributed by atoms with van der Waals surface area (Å²) in [5, 5.41) is 51.5. The SMILES string of the molecule is C.CC(C)(C)OC(=O)N[C@@H](CS)C(=O)O.CC(C)(C)OC(=O)N[C@@H](CSc1ccccc1[N+](=O)[O-])C(=O)O.O=CO[O-].O=[N+]([O-])c1ccccc1F.[Na+]. The number of carbonyl (C=O) groups is 5. The zero-order valence-electron chi connectivity index (χ0n) is 29.1. The maximum Gasteiger partial charge on any atom is 1.00 e. The number of ether oxygens (including phenoxy) is 2. The molecule has 2 aromatic rings. The van der Waals surface area contributed by atoms with Crippen molar-refractivity contribution in [3.63, 3.8) is 0 Å². The van der Waals surface area contributed by atoms with Gasteiger partial charge in [-0.2, -0.15) is 17.0 Å². The van der Waals surface area contributed by atoms with E-state index >= 15 is 0 Å². The van der Waals surface area contributed by atoms with Crippen molar-refractivity contribution in [2.45, 2.75) is 77.2 Å². The number of halogens is 1. The topological polar surface area (TPSA) is 287 Å². The number of carboxylic acids is 2. The molecule has 0 saturated carbocycles. The van der Waals surface area contributed by atoms with Crippen molar-refractivity contribution >= 4 is 66.4 Å². The number of alkyl carbamates (subject to hydrolysis) is 2. The summed E-state index contributed by atoms with van der Waals surface area (Å²) in [7, 11) is 0. The van der Waals surface area contributed by atoms with E-state index in [0.29, 0.717) is 4.90 Å². The van der Waals surface area contributed by atoms with Gasteiger partial charge < -0.3 is 40.5 Å². The quantitative estimate of drug-likeness (QED) is 0.0408. The van der Waals surface area contributed by atoms with Crippen LogP contribution in [0.1, 0.15) is 49.0 Å². The van der Waals surface area contributed by atoms with E-state index in [9.17, 15) is 43.8 Å². The molecule has 4 N–H and O–H groups in total. The Morgan fingerprint density at radius 2 is 1.23 bits per heavy atom. The van der Waals surface area contributed by atoms with E-state index in [1.165, 1.54) is 30.3 Å². The first-order valence-electron chi connectivity index (χ1n) is 14.0. The summed E-state index contributed by atoms with van der Waals surface area (Å²) in [6, 6.07) is 8.75. The van der Waals surface area contributed by atoms with Crippen LogP contribution in [0.25, 0.3) is 0 Å². The third-order valence-electron chi connectivity index (χ3n) is 4.72. The molecule has 292 valence electrons. The Kier molecular flexibility index (Phi) is 29.7. The molecule has 0 aromatic heterocycles. The molecule has 0 heterocycles. The predicted octanol–water partition coefficient (Wildman–Crippen LogP) is 1.37. The van der Waals surface area contributed by atoms with E-state index in [2.05, 4.69) is 28.1 Å². The first-order valence-corrected chi connectivity index (χ1v) is 15.6. The standard InChI is InChI=1S/C14H18N2O6S.C8H15NO4S.C6H4FNO2.CH2O3.CH4.Na/c1-14(2,3)22-13(19)15-9(12(17)18)8-23-11-7-5-4-6-10(11)16(20)21;1-8(2,3)13-7(12)9-5(4-14)6(10)11;7-5-3-1-2-4-6(5)8(9)10;2-1-4-3;;/h4-7,9H,8H2,1-3H3,(H,15,19)(H,17,18);5,14H,4H2,1-3H3,(H,9,12)(H,10,11);1-4H;1,3H;1H4;/q;;;;;+1/p-1/t9-;5-;;;;/m00..../s1. The predicted molar refractivity (Wildman–Crippen MR) is 186 cm³/mol. The molecule has 0 unspecified atom stereocenters.